The van der Waals surface area contributed by atoms with Crippen molar-refractivity contribution in [1.29, 1.82) is 0 Å². The molecule has 2 rings (SSSR count). The Morgan fingerprint density at radius 3 is 1.64 bits per heavy atom. The second-order valence-corrected chi connectivity index (χ2v) is 7.37. The molecule has 5 heteroatoms. The summed E-state index contributed by atoms with van der Waals surface area (Å²) in [4.78, 5) is 26.0. The van der Waals surface area contributed by atoms with Crippen LogP contribution in [0, 0.1) is 11.8 Å². The van der Waals surface area contributed by atoms with Gasteiger partial charge in [-0.25, -0.2) is 9.59 Å². The monoisotopic (exact) mass is 385 g/mol. The van der Waals surface area contributed by atoms with Crippen LogP contribution in [0.3, 0.4) is 0 Å². The molecule has 28 heavy (non-hydrogen) atoms. The Labute approximate surface area is 167 Å². The first-order chi connectivity index (χ1) is 13.3. The summed E-state index contributed by atoms with van der Waals surface area (Å²) in [6.07, 6.45) is 0. The molecule has 152 valence electrons. The summed E-state index contributed by atoms with van der Waals surface area (Å²) in [5.74, 6) is -1.23. The van der Waals surface area contributed by atoms with Crippen LogP contribution < -0.4 is 5.32 Å². The standard InChI is InChI=1S/C23H31NO4/c1-7-27-22(25)18-17(16-12-10-9-11-13-16)19(23(26)28-8-2)21(15(5)6)24-20(18)14(3)4/h9-15,17,24H,7-8H2,1-6H3. The molecule has 0 spiro atoms. The van der Waals surface area contributed by atoms with Gasteiger partial charge >= 0.3 is 11.9 Å². The molecule has 0 unspecified atom stereocenters. The third-order valence-electron chi connectivity index (χ3n) is 4.71. The van der Waals surface area contributed by atoms with Gasteiger partial charge in [-0.2, -0.15) is 0 Å². The number of hydrogen-bond donors (Lipinski definition) is 1. The maximum atomic E-state index is 13.0. The van der Waals surface area contributed by atoms with Crippen molar-refractivity contribution in [2.45, 2.75) is 47.5 Å². The molecule has 0 aliphatic carbocycles. The van der Waals surface area contributed by atoms with Gasteiger partial charge < -0.3 is 14.8 Å². The summed E-state index contributed by atoms with van der Waals surface area (Å²) in [7, 11) is 0. The van der Waals surface area contributed by atoms with Crippen LogP contribution in [0.15, 0.2) is 52.9 Å². The van der Waals surface area contributed by atoms with Gasteiger partial charge in [-0.05, 0) is 31.2 Å². The molecule has 0 atom stereocenters. The zero-order valence-corrected chi connectivity index (χ0v) is 17.7. The van der Waals surface area contributed by atoms with Gasteiger partial charge in [0.1, 0.15) is 0 Å². The van der Waals surface area contributed by atoms with E-state index >= 15 is 0 Å². The predicted molar refractivity (Wildman–Crippen MR) is 109 cm³/mol. The number of hydrogen-bond acceptors (Lipinski definition) is 5. The normalized spacial score (nSPS) is 15.1. The van der Waals surface area contributed by atoms with Crippen molar-refractivity contribution in [2.75, 3.05) is 13.2 Å². The Morgan fingerprint density at radius 2 is 1.29 bits per heavy atom. The average molecular weight is 386 g/mol. The second kappa shape index (κ2) is 9.58. The molecule has 0 fully saturated rings. The number of carbonyl (C=O) groups excluding carboxylic acids is 2. The Hall–Kier alpha value is -2.56. The van der Waals surface area contributed by atoms with Gasteiger partial charge in [0.05, 0.1) is 30.3 Å². The minimum Gasteiger partial charge on any atom is -0.463 e. The summed E-state index contributed by atoms with van der Waals surface area (Å²) in [6.45, 7) is 12.2. The zero-order valence-electron chi connectivity index (χ0n) is 17.7. The molecule has 0 saturated carbocycles. The number of dihydropyridines is 1. The Morgan fingerprint density at radius 1 is 0.857 bits per heavy atom. The number of ether oxygens (including phenoxy) is 2. The Kier molecular flexibility index (Phi) is 7.44. The molecule has 5 nitrogen and oxygen atoms in total. The van der Waals surface area contributed by atoms with E-state index in [0.717, 1.165) is 17.0 Å². The highest BCUT2D eigenvalue weighted by molar-refractivity contribution is 6.00. The fraction of sp³-hybridized carbons (Fsp3) is 0.478. The van der Waals surface area contributed by atoms with Crippen molar-refractivity contribution in [2.24, 2.45) is 11.8 Å². The quantitative estimate of drug-likeness (QED) is 0.708. The van der Waals surface area contributed by atoms with E-state index in [-0.39, 0.29) is 25.0 Å². The highest BCUT2D eigenvalue weighted by Gasteiger charge is 2.40. The number of allylic oxidation sites excluding steroid dienone is 2. The third kappa shape index (κ3) is 4.46. The van der Waals surface area contributed by atoms with Crippen molar-refractivity contribution < 1.29 is 19.1 Å². The smallest absolute Gasteiger partial charge is 0.336 e. The maximum absolute atomic E-state index is 13.0. The predicted octanol–water partition coefficient (Wildman–Crippen LogP) is 4.32. The molecule has 0 aromatic heterocycles. The van der Waals surface area contributed by atoms with Crippen LogP contribution in [-0.4, -0.2) is 25.2 Å². The first-order valence-electron chi connectivity index (χ1n) is 9.97. The van der Waals surface area contributed by atoms with E-state index in [1.165, 1.54) is 0 Å². The molecule has 0 amide bonds. The average Bonchev–Trinajstić information content (AvgIpc) is 2.67. The molecule has 0 radical (unpaired) electrons. The number of carbonyl (C=O) groups is 2. The van der Waals surface area contributed by atoms with Crippen molar-refractivity contribution in [3.63, 3.8) is 0 Å². The van der Waals surface area contributed by atoms with Crippen molar-refractivity contribution in [3.05, 3.63) is 58.4 Å². The van der Waals surface area contributed by atoms with Gasteiger partial charge in [0.2, 0.25) is 0 Å². The molecule has 1 aromatic carbocycles. The fourth-order valence-electron chi connectivity index (χ4n) is 3.50. The number of esters is 2. The lowest BCUT2D eigenvalue weighted by molar-refractivity contribution is -0.139. The first-order valence-corrected chi connectivity index (χ1v) is 9.97. The van der Waals surface area contributed by atoms with Gasteiger partial charge in [0.25, 0.3) is 0 Å². The van der Waals surface area contributed by atoms with E-state index < -0.39 is 17.9 Å². The van der Waals surface area contributed by atoms with Crippen LogP contribution in [0.2, 0.25) is 0 Å². The van der Waals surface area contributed by atoms with E-state index in [2.05, 4.69) is 5.32 Å². The molecule has 1 N–H and O–H groups in total. The SMILES string of the molecule is CCOC(=O)C1=C(C(C)C)NC(C(C)C)=C(C(=O)OCC)C1c1ccccc1. The number of rotatable bonds is 7. The second-order valence-electron chi connectivity index (χ2n) is 7.37. The largest absolute Gasteiger partial charge is 0.463 e. The van der Waals surface area contributed by atoms with Crippen molar-refractivity contribution >= 4 is 11.9 Å². The third-order valence-corrected chi connectivity index (χ3v) is 4.71. The van der Waals surface area contributed by atoms with Gasteiger partial charge in [0.15, 0.2) is 0 Å². The molecule has 1 aliphatic rings. The lowest BCUT2D eigenvalue weighted by atomic mass is 9.77. The lowest BCUT2D eigenvalue weighted by Crippen LogP contribution is -2.37. The molecule has 1 heterocycles. The molecule has 0 saturated heterocycles. The van der Waals surface area contributed by atoms with Crippen molar-refractivity contribution in [3.8, 4) is 0 Å². The van der Waals surface area contributed by atoms with E-state index in [0.29, 0.717) is 11.1 Å². The highest BCUT2D eigenvalue weighted by atomic mass is 16.5. The fourth-order valence-corrected chi connectivity index (χ4v) is 3.50. The van der Waals surface area contributed by atoms with Crippen LogP contribution in [0.4, 0.5) is 0 Å². The van der Waals surface area contributed by atoms with Gasteiger partial charge in [0, 0.05) is 11.4 Å². The van der Waals surface area contributed by atoms with Crippen LogP contribution in [0.25, 0.3) is 0 Å². The minimum atomic E-state index is -0.532. The highest BCUT2D eigenvalue weighted by Crippen LogP contribution is 2.42. The van der Waals surface area contributed by atoms with Crippen LogP contribution >= 0.6 is 0 Å². The van der Waals surface area contributed by atoms with Gasteiger partial charge in [-0.3, -0.25) is 0 Å². The van der Waals surface area contributed by atoms with Crippen LogP contribution in [0.1, 0.15) is 53.0 Å². The number of benzene rings is 1. The van der Waals surface area contributed by atoms with E-state index in [9.17, 15) is 9.59 Å². The zero-order chi connectivity index (χ0) is 20.8. The first kappa shape index (κ1) is 21.7. The van der Waals surface area contributed by atoms with Crippen LogP contribution in [-0.2, 0) is 19.1 Å². The molecule has 0 bridgehead atoms. The maximum Gasteiger partial charge on any atom is 0.336 e. The van der Waals surface area contributed by atoms with Gasteiger partial charge in [-0.1, -0.05) is 58.0 Å². The summed E-state index contributed by atoms with van der Waals surface area (Å²) in [6, 6.07) is 9.60. The lowest BCUT2D eigenvalue weighted by Gasteiger charge is -2.35. The van der Waals surface area contributed by atoms with Crippen molar-refractivity contribution in [1.82, 2.24) is 5.32 Å². The minimum absolute atomic E-state index is 0.0584. The molecular weight excluding hydrogens is 354 g/mol. The Balaban J connectivity index is 2.80. The molecule has 1 aromatic rings. The van der Waals surface area contributed by atoms with Gasteiger partial charge in [-0.15, -0.1) is 0 Å². The summed E-state index contributed by atoms with van der Waals surface area (Å²) >= 11 is 0. The summed E-state index contributed by atoms with van der Waals surface area (Å²) in [5, 5.41) is 3.39. The topological polar surface area (TPSA) is 64.6 Å². The Bertz CT molecular complexity index is 729. The molecular formula is C23H31NO4. The molecule has 1 aliphatic heterocycles. The van der Waals surface area contributed by atoms with E-state index in [4.69, 9.17) is 9.47 Å². The summed E-state index contributed by atoms with van der Waals surface area (Å²) < 4.78 is 10.8. The van der Waals surface area contributed by atoms with E-state index in [1.807, 2.05) is 58.0 Å². The number of nitrogens with one attached hydrogen (secondary N) is 1. The van der Waals surface area contributed by atoms with Crippen LogP contribution in [0.5, 0.6) is 0 Å². The summed E-state index contributed by atoms with van der Waals surface area (Å²) in [5.41, 5.74) is 3.42. The van der Waals surface area contributed by atoms with E-state index in [1.54, 1.807) is 13.8 Å².